The molecule has 0 spiro atoms. The van der Waals surface area contributed by atoms with E-state index in [1.165, 1.54) is 11.1 Å². The highest BCUT2D eigenvalue weighted by Gasteiger charge is 2.24. The summed E-state index contributed by atoms with van der Waals surface area (Å²) in [5.41, 5.74) is 7.89. The van der Waals surface area contributed by atoms with Crippen molar-refractivity contribution in [1.29, 1.82) is 0 Å². The molecule has 54 heavy (non-hydrogen) atoms. The Hall–Kier alpha value is -4.82. The van der Waals surface area contributed by atoms with Gasteiger partial charge in [-0.2, -0.15) is 0 Å². The van der Waals surface area contributed by atoms with Crippen LogP contribution < -0.4 is 14.2 Å². The number of carbonyl (C=O) groups is 1. The zero-order valence-corrected chi connectivity index (χ0v) is 33.1. The minimum absolute atomic E-state index is 0.0468. The Morgan fingerprint density at radius 1 is 0.778 bits per heavy atom. The van der Waals surface area contributed by atoms with Crippen molar-refractivity contribution in [3.05, 3.63) is 152 Å². The van der Waals surface area contributed by atoms with Crippen LogP contribution in [0.15, 0.2) is 109 Å². The van der Waals surface area contributed by atoms with Crippen LogP contribution in [0.1, 0.15) is 67.0 Å². The Labute approximate surface area is 329 Å². The molecule has 0 aliphatic carbocycles. The minimum atomic E-state index is 0.0468. The number of rotatable bonds is 13. The Morgan fingerprint density at radius 2 is 1.44 bits per heavy atom. The minimum Gasteiger partial charge on any atom is -0.489 e. The van der Waals surface area contributed by atoms with Gasteiger partial charge < -0.3 is 19.1 Å². The largest absolute Gasteiger partial charge is 0.489 e. The van der Waals surface area contributed by atoms with Crippen LogP contribution in [0, 0.1) is 6.92 Å². The van der Waals surface area contributed by atoms with Crippen molar-refractivity contribution in [3.63, 3.8) is 0 Å². The lowest BCUT2D eigenvalue weighted by atomic mass is 9.99. The summed E-state index contributed by atoms with van der Waals surface area (Å²) in [6, 6.07) is 31.9. The predicted molar refractivity (Wildman–Crippen MR) is 218 cm³/mol. The molecule has 1 aliphatic rings. The first kappa shape index (κ1) is 38.9. The summed E-state index contributed by atoms with van der Waals surface area (Å²) in [6.07, 6.45) is 1.61. The summed E-state index contributed by atoms with van der Waals surface area (Å²) in [5, 5.41) is 1.10. The lowest BCUT2D eigenvalue weighted by Crippen LogP contribution is -2.48. The second-order valence-electron chi connectivity index (χ2n) is 14.1. The van der Waals surface area contributed by atoms with Crippen LogP contribution in [-0.2, 0) is 24.6 Å². The highest BCUT2D eigenvalue weighted by molar-refractivity contribution is 6.32. The first-order chi connectivity index (χ1) is 26.0. The maximum absolute atomic E-state index is 13.6. The third kappa shape index (κ3) is 10.0. The van der Waals surface area contributed by atoms with Crippen molar-refractivity contribution in [1.82, 2.24) is 14.8 Å². The van der Waals surface area contributed by atoms with Gasteiger partial charge in [-0.05, 0) is 96.5 Å². The highest BCUT2D eigenvalue weighted by atomic mass is 35.5. The predicted octanol–water partition coefficient (Wildman–Crippen LogP) is 10.9. The second-order valence-corrected chi connectivity index (χ2v) is 14.9. The molecule has 1 saturated heterocycles. The van der Waals surface area contributed by atoms with Gasteiger partial charge >= 0.3 is 0 Å². The number of hydrogen-bond donors (Lipinski definition) is 0. The standard InChI is InChI=1S/C45H47Cl2N3O4/c1-30(2)36-14-16-39(17-15-36)52-28-35-12-10-34(11-13-35)27-49-20-22-50(23-21-49)45(51)33(5)32(4)38-24-31(3)44(42(47)25-38)54-43-19-18-40(26-48-43)53-29-37-8-6-7-9-41(37)46/h6-19,24-26,30H,20-23,27-29H2,1-5H3/b33-32+. The molecule has 280 valence electrons. The number of benzene rings is 4. The van der Waals surface area contributed by atoms with Crippen molar-refractivity contribution >= 4 is 34.7 Å². The number of amides is 1. The molecule has 2 heterocycles. The van der Waals surface area contributed by atoms with Crippen molar-refractivity contribution in [2.24, 2.45) is 0 Å². The topological polar surface area (TPSA) is 64.1 Å². The number of ether oxygens (including phenoxy) is 3. The zero-order valence-electron chi connectivity index (χ0n) is 31.6. The van der Waals surface area contributed by atoms with E-state index in [9.17, 15) is 4.79 Å². The number of halogens is 2. The van der Waals surface area contributed by atoms with E-state index in [1.807, 2.05) is 74.2 Å². The average Bonchev–Trinajstić information content (AvgIpc) is 3.18. The molecule has 0 unspecified atom stereocenters. The highest BCUT2D eigenvalue weighted by Crippen LogP contribution is 2.36. The number of piperazine rings is 1. The number of nitrogens with zero attached hydrogens (tertiary/aromatic N) is 3. The molecule has 4 aromatic carbocycles. The van der Waals surface area contributed by atoms with Gasteiger partial charge in [0.2, 0.25) is 11.8 Å². The number of pyridine rings is 1. The first-order valence-electron chi connectivity index (χ1n) is 18.3. The van der Waals surface area contributed by atoms with Gasteiger partial charge in [0.15, 0.2) is 5.75 Å². The van der Waals surface area contributed by atoms with E-state index in [4.69, 9.17) is 37.4 Å². The Morgan fingerprint density at radius 3 is 2.09 bits per heavy atom. The molecule has 0 radical (unpaired) electrons. The molecule has 1 aromatic heterocycles. The van der Waals surface area contributed by atoms with Crippen LogP contribution in [0.2, 0.25) is 10.0 Å². The maximum atomic E-state index is 13.6. The third-order valence-electron chi connectivity index (χ3n) is 9.85. The molecular weight excluding hydrogens is 717 g/mol. The third-order valence-corrected chi connectivity index (χ3v) is 10.5. The molecule has 0 atom stereocenters. The van der Waals surface area contributed by atoms with Crippen LogP contribution >= 0.6 is 23.2 Å². The van der Waals surface area contributed by atoms with Crippen LogP contribution in [-0.4, -0.2) is 46.9 Å². The van der Waals surface area contributed by atoms with Gasteiger partial charge in [0.1, 0.15) is 24.7 Å². The van der Waals surface area contributed by atoms with Crippen LogP contribution in [0.25, 0.3) is 5.57 Å². The molecule has 1 fully saturated rings. The lowest BCUT2D eigenvalue weighted by Gasteiger charge is -2.35. The number of aromatic nitrogens is 1. The fourth-order valence-electron chi connectivity index (χ4n) is 6.31. The van der Waals surface area contributed by atoms with Gasteiger partial charge in [-0.1, -0.05) is 91.6 Å². The van der Waals surface area contributed by atoms with Crippen molar-refractivity contribution in [3.8, 4) is 23.1 Å². The molecule has 7 nitrogen and oxygen atoms in total. The number of carbonyl (C=O) groups excluding carboxylic acids is 1. The quantitative estimate of drug-likeness (QED) is 0.111. The number of hydrogen-bond acceptors (Lipinski definition) is 6. The number of allylic oxidation sites excluding steroid dienone is 1. The van der Waals surface area contributed by atoms with E-state index >= 15 is 0 Å². The van der Waals surface area contributed by atoms with Crippen molar-refractivity contribution in [2.75, 3.05) is 26.2 Å². The van der Waals surface area contributed by atoms with E-state index in [0.717, 1.165) is 53.2 Å². The van der Waals surface area contributed by atoms with Crippen LogP contribution in [0.5, 0.6) is 23.1 Å². The molecule has 0 N–H and O–H groups in total. The Kier molecular flexibility index (Phi) is 13.0. The fraction of sp³-hybridized carbons (Fsp3) is 0.289. The summed E-state index contributed by atoms with van der Waals surface area (Å²) in [7, 11) is 0. The van der Waals surface area contributed by atoms with Gasteiger partial charge in [-0.15, -0.1) is 0 Å². The number of aryl methyl sites for hydroxylation is 1. The molecule has 6 rings (SSSR count). The van der Waals surface area contributed by atoms with Gasteiger partial charge in [0, 0.05) is 54.9 Å². The summed E-state index contributed by atoms with van der Waals surface area (Å²) in [4.78, 5) is 22.4. The van der Waals surface area contributed by atoms with Gasteiger partial charge in [0.05, 0.1) is 11.2 Å². The van der Waals surface area contributed by atoms with E-state index < -0.39 is 0 Å². The fourth-order valence-corrected chi connectivity index (χ4v) is 6.80. The van der Waals surface area contributed by atoms with E-state index in [0.29, 0.717) is 65.2 Å². The maximum Gasteiger partial charge on any atom is 0.249 e. The van der Waals surface area contributed by atoms with Gasteiger partial charge in [-0.25, -0.2) is 4.98 Å². The molecule has 5 aromatic rings. The second kappa shape index (κ2) is 18.0. The summed E-state index contributed by atoms with van der Waals surface area (Å²) in [6.45, 7) is 14.9. The van der Waals surface area contributed by atoms with Gasteiger partial charge in [-0.3, -0.25) is 9.69 Å². The first-order valence-corrected chi connectivity index (χ1v) is 19.1. The summed E-state index contributed by atoms with van der Waals surface area (Å²) < 4.78 is 17.9. The lowest BCUT2D eigenvalue weighted by molar-refractivity contribution is -0.128. The average molecular weight is 765 g/mol. The summed E-state index contributed by atoms with van der Waals surface area (Å²) >= 11 is 13.0. The molecular formula is C45H47Cl2N3O4. The van der Waals surface area contributed by atoms with E-state index in [2.05, 4.69) is 60.1 Å². The normalized spacial score (nSPS) is 13.8. The van der Waals surface area contributed by atoms with E-state index in [-0.39, 0.29) is 5.91 Å². The molecule has 9 heteroatoms. The Bertz CT molecular complexity index is 2050. The molecule has 1 amide bonds. The zero-order chi connectivity index (χ0) is 38.2. The SMILES string of the molecule is C/C(C(=O)N1CCN(Cc2ccc(COc3ccc(C(C)C)cc3)cc2)CC1)=C(/C)c1cc(C)c(Oc2ccc(OCc3ccccc3Cl)cn2)c(Cl)c1. The monoisotopic (exact) mass is 763 g/mol. The summed E-state index contributed by atoms with van der Waals surface area (Å²) in [5.74, 6) is 2.93. The van der Waals surface area contributed by atoms with Crippen LogP contribution in [0.4, 0.5) is 0 Å². The van der Waals surface area contributed by atoms with Crippen molar-refractivity contribution < 1.29 is 19.0 Å². The smallest absolute Gasteiger partial charge is 0.249 e. The molecule has 1 aliphatic heterocycles. The van der Waals surface area contributed by atoms with Crippen molar-refractivity contribution in [2.45, 2.75) is 60.3 Å². The van der Waals surface area contributed by atoms with Gasteiger partial charge in [0.25, 0.3) is 0 Å². The van der Waals surface area contributed by atoms with Crippen LogP contribution in [0.3, 0.4) is 0 Å². The Balaban J connectivity index is 0.987. The molecule has 0 bridgehead atoms. The molecule has 0 saturated carbocycles. The van der Waals surface area contributed by atoms with E-state index in [1.54, 1.807) is 18.3 Å².